The molecule has 0 spiro atoms. The van der Waals surface area contributed by atoms with Crippen LogP contribution in [0.5, 0.6) is 0 Å². The Morgan fingerprint density at radius 2 is 1.83 bits per heavy atom. The molecule has 0 saturated carbocycles. The lowest BCUT2D eigenvalue weighted by Gasteiger charge is -2.18. The van der Waals surface area contributed by atoms with Crippen LogP contribution in [0, 0.1) is 0 Å². The quantitative estimate of drug-likeness (QED) is 0.371. The third kappa shape index (κ3) is 7.64. The van der Waals surface area contributed by atoms with E-state index in [1.165, 1.54) is 0 Å². The topological polar surface area (TPSA) is 36.9 Å². The molecule has 0 aliphatic rings. The Kier molecular flexibility index (Phi) is 8.02. The molecule has 0 rings (SSSR count). The monoisotopic (exact) mass is 256 g/mol. The second-order valence-electron chi connectivity index (χ2n) is 2.15. The van der Waals surface area contributed by atoms with Crippen molar-refractivity contribution in [2.24, 2.45) is 0 Å². The zero-order valence-corrected chi connectivity index (χ0v) is 11.8. The summed E-state index contributed by atoms with van der Waals surface area (Å²) >= 11 is 5.28. The molecule has 0 aromatic heterocycles. The molecule has 0 amide bonds. The third-order valence-electron chi connectivity index (χ3n) is 0.943. The predicted octanol–water partition coefficient (Wildman–Crippen LogP) is 0.226. The molecule has 0 aromatic rings. The Hall–Kier alpha value is 0.998. The number of hydrogen-bond donors (Lipinski definition) is 0. The van der Waals surface area contributed by atoms with E-state index in [4.69, 9.17) is 27.9 Å². The predicted molar refractivity (Wildman–Crippen MR) is 50.9 cm³/mol. The standard InChI is InChI=1S/C3H9ClO4Si4/c1-5-12(2,3)8-11-7-10-6-9-4/h1-3H3. The molecule has 0 aliphatic heterocycles. The number of rotatable bonds is 7. The smallest absolute Gasteiger partial charge is 0.413 e. The van der Waals surface area contributed by atoms with Crippen LogP contribution in [0.3, 0.4) is 0 Å². The van der Waals surface area contributed by atoms with Gasteiger partial charge in [0.1, 0.15) is 0 Å². The first-order chi connectivity index (χ1) is 5.62. The van der Waals surface area contributed by atoms with Gasteiger partial charge in [-0.25, -0.2) is 0 Å². The molecule has 0 fully saturated rings. The Balaban J connectivity index is 3.19. The summed E-state index contributed by atoms with van der Waals surface area (Å²) < 4.78 is 20.2. The molecule has 9 heteroatoms. The van der Waals surface area contributed by atoms with Gasteiger partial charge in [0.15, 0.2) is 0 Å². The van der Waals surface area contributed by atoms with E-state index >= 15 is 0 Å². The normalized spacial score (nSPS) is 12.0. The maximum atomic E-state index is 5.33. The van der Waals surface area contributed by atoms with Gasteiger partial charge in [0.2, 0.25) is 0 Å². The second kappa shape index (κ2) is 7.41. The van der Waals surface area contributed by atoms with Crippen molar-refractivity contribution in [2.75, 3.05) is 7.11 Å². The third-order valence-corrected chi connectivity index (χ3v) is 6.23. The van der Waals surface area contributed by atoms with Crippen LogP contribution in [0.4, 0.5) is 0 Å². The lowest BCUT2D eigenvalue weighted by atomic mass is 11.8. The molecule has 0 saturated heterocycles. The van der Waals surface area contributed by atoms with E-state index in [0.29, 0.717) is 0 Å². The summed E-state index contributed by atoms with van der Waals surface area (Å²) in [4.78, 5) is 0. The molecule has 0 N–H and O–H groups in total. The highest BCUT2D eigenvalue weighted by atomic mass is 35.6. The summed E-state index contributed by atoms with van der Waals surface area (Å²) in [5.74, 6) is 0. The van der Waals surface area contributed by atoms with Gasteiger partial charge >= 0.3 is 37.6 Å². The van der Waals surface area contributed by atoms with Crippen LogP contribution in [0.1, 0.15) is 0 Å². The van der Waals surface area contributed by atoms with Gasteiger partial charge in [-0.05, 0) is 13.1 Å². The Morgan fingerprint density at radius 1 is 1.17 bits per heavy atom. The number of hydrogen-bond acceptors (Lipinski definition) is 4. The second-order valence-corrected chi connectivity index (χ2v) is 8.76. The van der Waals surface area contributed by atoms with Gasteiger partial charge in [-0.1, -0.05) is 0 Å². The van der Waals surface area contributed by atoms with Crippen LogP contribution in [-0.4, -0.2) is 44.8 Å². The van der Waals surface area contributed by atoms with Crippen LogP contribution in [0.2, 0.25) is 13.1 Å². The average molecular weight is 257 g/mol. The van der Waals surface area contributed by atoms with Crippen molar-refractivity contribution >= 4 is 48.7 Å². The van der Waals surface area contributed by atoms with Crippen LogP contribution >= 0.6 is 11.1 Å². The van der Waals surface area contributed by atoms with Crippen molar-refractivity contribution in [3.63, 3.8) is 0 Å². The molecular formula is C3H9ClO4Si4. The van der Waals surface area contributed by atoms with Crippen LogP contribution in [-0.2, 0) is 16.8 Å². The Morgan fingerprint density at radius 3 is 2.33 bits per heavy atom. The van der Waals surface area contributed by atoms with E-state index in [9.17, 15) is 0 Å². The van der Waals surface area contributed by atoms with Crippen molar-refractivity contribution in [3.8, 4) is 0 Å². The van der Waals surface area contributed by atoms with Crippen LogP contribution in [0.15, 0.2) is 0 Å². The first-order valence-corrected chi connectivity index (χ1v) is 9.40. The summed E-state index contributed by atoms with van der Waals surface area (Å²) in [6.07, 6.45) is 0. The highest BCUT2D eigenvalue weighted by Gasteiger charge is 2.22. The summed E-state index contributed by atoms with van der Waals surface area (Å²) in [7, 11) is -0.429. The first-order valence-electron chi connectivity index (χ1n) is 3.03. The van der Waals surface area contributed by atoms with Crippen molar-refractivity contribution in [2.45, 2.75) is 13.1 Å². The fourth-order valence-electron chi connectivity index (χ4n) is 0.216. The number of halogens is 1. The minimum absolute atomic E-state index is 0.0298. The first kappa shape index (κ1) is 13.0. The maximum Gasteiger partial charge on any atom is 0.413 e. The van der Waals surface area contributed by atoms with E-state index in [1.54, 1.807) is 7.11 Å². The van der Waals surface area contributed by atoms with E-state index in [1.807, 2.05) is 13.1 Å². The van der Waals surface area contributed by atoms with Gasteiger partial charge in [-0.15, -0.1) is 11.1 Å². The fourth-order valence-corrected chi connectivity index (χ4v) is 2.98. The largest absolute Gasteiger partial charge is 0.422 e. The van der Waals surface area contributed by atoms with Gasteiger partial charge in [-0.2, -0.15) is 0 Å². The molecule has 4 nitrogen and oxygen atoms in total. The molecule has 0 atom stereocenters. The molecule has 0 aliphatic carbocycles. The van der Waals surface area contributed by atoms with Gasteiger partial charge in [0.05, 0.1) is 0 Å². The molecule has 0 heterocycles. The summed E-state index contributed by atoms with van der Waals surface area (Å²) in [5, 5.41) is 0. The zero-order valence-electron chi connectivity index (χ0n) is 7.01. The Labute approximate surface area is 85.9 Å². The molecule has 68 valence electrons. The van der Waals surface area contributed by atoms with Crippen molar-refractivity contribution in [1.29, 1.82) is 0 Å². The van der Waals surface area contributed by atoms with E-state index in [-0.39, 0.29) is 29.1 Å². The molecule has 0 bridgehead atoms. The van der Waals surface area contributed by atoms with E-state index in [0.717, 1.165) is 0 Å². The van der Waals surface area contributed by atoms with Crippen molar-refractivity contribution in [3.05, 3.63) is 0 Å². The van der Waals surface area contributed by atoms with E-state index < -0.39 is 8.56 Å². The molecular weight excluding hydrogens is 248 g/mol. The summed E-state index contributed by atoms with van der Waals surface area (Å²) in [6.45, 7) is 3.88. The van der Waals surface area contributed by atoms with E-state index in [2.05, 4.69) is 0 Å². The highest BCUT2D eigenvalue weighted by Crippen LogP contribution is 2.02. The van der Waals surface area contributed by atoms with Gasteiger partial charge in [0, 0.05) is 7.11 Å². The molecule has 12 heavy (non-hydrogen) atoms. The molecule has 0 unspecified atom stereocenters. The molecule has 0 aromatic carbocycles. The average Bonchev–Trinajstić information content (AvgIpc) is 2.04. The molecule has 6 radical (unpaired) electrons. The zero-order chi connectivity index (χ0) is 9.45. The van der Waals surface area contributed by atoms with Crippen molar-refractivity contribution in [1.82, 2.24) is 0 Å². The van der Waals surface area contributed by atoms with Crippen LogP contribution < -0.4 is 0 Å². The lowest BCUT2D eigenvalue weighted by Crippen LogP contribution is -2.36. The van der Waals surface area contributed by atoms with Crippen LogP contribution in [0.25, 0.3) is 0 Å². The maximum absolute atomic E-state index is 5.33. The van der Waals surface area contributed by atoms with Gasteiger partial charge in [-0.3, -0.25) is 0 Å². The highest BCUT2D eigenvalue weighted by molar-refractivity contribution is 6.91. The summed E-state index contributed by atoms with van der Waals surface area (Å²) in [5.41, 5.74) is 0. The lowest BCUT2D eigenvalue weighted by molar-refractivity contribution is 0.300. The van der Waals surface area contributed by atoms with Gasteiger partial charge < -0.3 is 16.8 Å². The minimum atomic E-state index is -1.93. The summed E-state index contributed by atoms with van der Waals surface area (Å²) in [6, 6.07) is 0. The van der Waals surface area contributed by atoms with Gasteiger partial charge in [0.25, 0.3) is 0 Å². The SMILES string of the molecule is CO[Si](C)(C)O[Si]O[Si]O[Si]Cl. The van der Waals surface area contributed by atoms with Crippen molar-refractivity contribution < 1.29 is 16.8 Å². The minimum Gasteiger partial charge on any atom is -0.422 e. The fraction of sp³-hybridized carbons (Fsp3) is 1.00. The Bertz CT molecular complexity index is 114.